The standard InChI is InChI=1S/C23H29NO3/c1-4-21(27-22-15-16(2)9-10-17(22)3)23(25)24-18-11-13-20(14-12-18)26-19-7-5-6-8-19/h9-15,19,21H,4-8H2,1-3H3,(H,24,25)/t21-/m0/s1. The third kappa shape index (κ3) is 5.25. The van der Waals surface area contributed by atoms with Crippen molar-refractivity contribution in [3.05, 3.63) is 53.6 Å². The fourth-order valence-corrected chi connectivity index (χ4v) is 3.35. The molecule has 4 heteroatoms. The Labute approximate surface area is 161 Å². The van der Waals surface area contributed by atoms with Crippen LogP contribution in [0.25, 0.3) is 0 Å². The molecule has 0 heterocycles. The van der Waals surface area contributed by atoms with Gasteiger partial charge in [0, 0.05) is 5.69 Å². The van der Waals surface area contributed by atoms with Gasteiger partial charge in [-0.3, -0.25) is 4.79 Å². The Morgan fingerprint density at radius 3 is 2.48 bits per heavy atom. The highest BCUT2D eigenvalue weighted by Crippen LogP contribution is 2.25. The van der Waals surface area contributed by atoms with Gasteiger partial charge >= 0.3 is 0 Å². The maximum absolute atomic E-state index is 12.6. The van der Waals surface area contributed by atoms with E-state index in [1.54, 1.807) is 0 Å². The van der Waals surface area contributed by atoms with Crippen molar-refractivity contribution in [3.63, 3.8) is 0 Å². The zero-order valence-corrected chi connectivity index (χ0v) is 16.5. The maximum Gasteiger partial charge on any atom is 0.265 e. The van der Waals surface area contributed by atoms with Gasteiger partial charge in [0.15, 0.2) is 6.10 Å². The van der Waals surface area contributed by atoms with Crippen molar-refractivity contribution >= 4 is 11.6 Å². The first-order valence-corrected chi connectivity index (χ1v) is 9.86. The molecule has 1 saturated carbocycles. The molecule has 27 heavy (non-hydrogen) atoms. The summed E-state index contributed by atoms with van der Waals surface area (Å²) in [4.78, 5) is 12.6. The molecule has 1 aliphatic rings. The summed E-state index contributed by atoms with van der Waals surface area (Å²) in [5, 5.41) is 2.95. The monoisotopic (exact) mass is 367 g/mol. The minimum atomic E-state index is -0.528. The lowest BCUT2D eigenvalue weighted by molar-refractivity contribution is -0.122. The van der Waals surface area contributed by atoms with E-state index in [-0.39, 0.29) is 5.91 Å². The largest absolute Gasteiger partial charge is 0.490 e. The Morgan fingerprint density at radius 1 is 1.11 bits per heavy atom. The molecule has 0 saturated heterocycles. The van der Waals surface area contributed by atoms with Crippen LogP contribution in [0.1, 0.15) is 50.2 Å². The number of ether oxygens (including phenoxy) is 2. The molecule has 1 aliphatic carbocycles. The summed E-state index contributed by atoms with van der Waals surface area (Å²) in [6.07, 6.45) is 5.16. The average Bonchev–Trinajstić information content (AvgIpc) is 3.17. The zero-order chi connectivity index (χ0) is 19.2. The first-order valence-electron chi connectivity index (χ1n) is 9.86. The van der Waals surface area contributed by atoms with Gasteiger partial charge in [0.1, 0.15) is 11.5 Å². The number of amides is 1. The fraction of sp³-hybridized carbons (Fsp3) is 0.435. The smallest absolute Gasteiger partial charge is 0.265 e. The molecule has 0 unspecified atom stereocenters. The van der Waals surface area contributed by atoms with E-state index >= 15 is 0 Å². The third-order valence-electron chi connectivity index (χ3n) is 5.00. The van der Waals surface area contributed by atoms with Gasteiger partial charge < -0.3 is 14.8 Å². The summed E-state index contributed by atoms with van der Waals surface area (Å²) >= 11 is 0. The molecule has 1 amide bonds. The molecule has 1 N–H and O–H groups in total. The molecular weight excluding hydrogens is 338 g/mol. The summed E-state index contributed by atoms with van der Waals surface area (Å²) in [5.41, 5.74) is 2.89. The second-order valence-electron chi connectivity index (χ2n) is 7.32. The predicted molar refractivity (Wildman–Crippen MR) is 109 cm³/mol. The number of rotatable bonds is 7. The molecule has 0 bridgehead atoms. The highest BCUT2D eigenvalue weighted by atomic mass is 16.5. The highest BCUT2D eigenvalue weighted by molar-refractivity contribution is 5.94. The number of carbonyl (C=O) groups is 1. The fourth-order valence-electron chi connectivity index (χ4n) is 3.35. The van der Waals surface area contributed by atoms with Gasteiger partial charge in [-0.15, -0.1) is 0 Å². The molecular formula is C23H29NO3. The first kappa shape index (κ1) is 19.3. The van der Waals surface area contributed by atoms with E-state index < -0.39 is 6.10 Å². The van der Waals surface area contributed by atoms with Crippen LogP contribution in [0.4, 0.5) is 5.69 Å². The van der Waals surface area contributed by atoms with E-state index in [4.69, 9.17) is 9.47 Å². The van der Waals surface area contributed by atoms with Crippen LogP contribution < -0.4 is 14.8 Å². The minimum Gasteiger partial charge on any atom is -0.490 e. The second kappa shape index (κ2) is 8.94. The third-order valence-corrected chi connectivity index (χ3v) is 5.00. The molecule has 144 valence electrons. The van der Waals surface area contributed by atoms with E-state index in [2.05, 4.69) is 5.32 Å². The van der Waals surface area contributed by atoms with E-state index in [1.165, 1.54) is 12.8 Å². The van der Waals surface area contributed by atoms with Gasteiger partial charge in [-0.2, -0.15) is 0 Å². The minimum absolute atomic E-state index is 0.136. The lowest BCUT2D eigenvalue weighted by Crippen LogP contribution is -2.32. The van der Waals surface area contributed by atoms with Crippen molar-refractivity contribution in [1.29, 1.82) is 0 Å². The van der Waals surface area contributed by atoms with Crippen molar-refractivity contribution in [2.75, 3.05) is 5.32 Å². The van der Waals surface area contributed by atoms with Crippen LogP contribution in [-0.4, -0.2) is 18.1 Å². The van der Waals surface area contributed by atoms with Crippen LogP contribution in [0.2, 0.25) is 0 Å². The number of hydrogen-bond acceptors (Lipinski definition) is 3. The van der Waals surface area contributed by atoms with E-state index in [0.717, 1.165) is 41.2 Å². The Hall–Kier alpha value is -2.49. The molecule has 0 aromatic heterocycles. The number of hydrogen-bond donors (Lipinski definition) is 1. The predicted octanol–water partition coefficient (Wildman–Crippen LogP) is 5.42. The van der Waals surface area contributed by atoms with E-state index in [1.807, 2.05) is 63.2 Å². The van der Waals surface area contributed by atoms with Crippen molar-refractivity contribution in [1.82, 2.24) is 0 Å². The van der Waals surface area contributed by atoms with Gasteiger partial charge in [-0.05, 0) is 87.4 Å². The molecule has 3 rings (SSSR count). The molecule has 1 atom stereocenters. The van der Waals surface area contributed by atoms with Crippen LogP contribution >= 0.6 is 0 Å². The van der Waals surface area contributed by atoms with Gasteiger partial charge in [0.25, 0.3) is 5.91 Å². The lowest BCUT2D eigenvalue weighted by Gasteiger charge is -2.19. The summed E-state index contributed by atoms with van der Waals surface area (Å²) < 4.78 is 12.0. The van der Waals surface area contributed by atoms with Gasteiger partial charge in [-0.25, -0.2) is 0 Å². The molecule has 1 fully saturated rings. The second-order valence-corrected chi connectivity index (χ2v) is 7.32. The summed E-state index contributed by atoms with van der Waals surface area (Å²) in [6, 6.07) is 13.6. The van der Waals surface area contributed by atoms with Crippen LogP contribution in [-0.2, 0) is 4.79 Å². The number of benzene rings is 2. The van der Waals surface area contributed by atoms with Crippen molar-refractivity contribution < 1.29 is 14.3 Å². The Morgan fingerprint density at radius 2 is 1.81 bits per heavy atom. The van der Waals surface area contributed by atoms with E-state index in [9.17, 15) is 4.79 Å². The normalized spacial score (nSPS) is 15.4. The van der Waals surface area contributed by atoms with Crippen LogP contribution in [0.15, 0.2) is 42.5 Å². The molecule has 2 aromatic carbocycles. The highest BCUT2D eigenvalue weighted by Gasteiger charge is 2.20. The molecule has 0 radical (unpaired) electrons. The van der Waals surface area contributed by atoms with Crippen molar-refractivity contribution in [2.45, 2.75) is 65.1 Å². The van der Waals surface area contributed by atoms with Crippen molar-refractivity contribution in [3.8, 4) is 11.5 Å². The molecule has 0 aliphatic heterocycles. The average molecular weight is 367 g/mol. The number of aryl methyl sites for hydroxylation is 2. The maximum atomic E-state index is 12.6. The SMILES string of the molecule is CC[C@H](Oc1cc(C)ccc1C)C(=O)Nc1ccc(OC2CCCC2)cc1. The van der Waals surface area contributed by atoms with Crippen LogP contribution in [0, 0.1) is 13.8 Å². The van der Waals surface area contributed by atoms with Gasteiger partial charge in [0.2, 0.25) is 0 Å². The van der Waals surface area contributed by atoms with Crippen LogP contribution in [0.5, 0.6) is 11.5 Å². The Kier molecular flexibility index (Phi) is 6.38. The number of anilines is 1. The quantitative estimate of drug-likeness (QED) is 0.711. The summed E-state index contributed by atoms with van der Waals surface area (Å²) in [5.74, 6) is 1.48. The first-order chi connectivity index (χ1) is 13.0. The zero-order valence-electron chi connectivity index (χ0n) is 16.5. The number of carbonyl (C=O) groups excluding carboxylic acids is 1. The van der Waals surface area contributed by atoms with Gasteiger partial charge in [-0.1, -0.05) is 19.1 Å². The summed E-state index contributed by atoms with van der Waals surface area (Å²) in [7, 11) is 0. The van der Waals surface area contributed by atoms with Gasteiger partial charge in [0.05, 0.1) is 6.10 Å². The Bertz CT molecular complexity index is 764. The number of nitrogens with one attached hydrogen (secondary N) is 1. The van der Waals surface area contributed by atoms with Crippen molar-refractivity contribution in [2.24, 2.45) is 0 Å². The lowest BCUT2D eigenvalue weighted by atomic mass is 10.1. The van der Waals surface area contributed by atoms with Crippen LogP contribution in [0.3, 0.4) is 0 Å². The Balaban J connectivity index is 1.59. The molecule has 4 nitrogen and oxygen atoms in total. The topological polar surface area (TPSA) is 47.6 Å². The molecule has 2 aromatic rings. The summed E-state index contributed by atoms with van der Waals surface area (Å²) in [6.45, 7) is 5.96. The van der Waals surface area contributed by atoms with E-state index in [0.29, 0.717) is 12.5 Å². The molecule has 0 spiro atoms.